The molecule has 0 fully saturated rings. The summed E-state index contributed by atoms with van der Waals surface area (Å²) >= 11 is -0.988. The maximum absolute atomic E-state index is 12.1. The summed E-state index contributed by atoms with van der Waals surface area (Å²) in [4.78, 5) is 0. The molecule has 1 nitrogen and oxygen atoms in total. The number of rotatable bonds is 4. The molecule has 0 N–H and O–H groups in total. The van der Waals surface area contributed by atoms with Gasteiger partial charge in [0.05, 0.1) is 0 Å². The molecule has 0 rings (SSSR count). The summed E-state index contributed by atoms with van der Waals surface area (Å²) in [5.41, 5.74) is 0. The monoisotopic (exact) mass is 151 g/mol. The van der Waals surface area contributed by atoms with E-state index in [0.29, 0.717) is 12.2 Å². The Morgan fingerprint density at radius 1 is 1.78 bits per heavy atom. The van der Waals surface area contributed by atoms with Crippen LogP contribution in [0.2, 0.25) is 0 Å². The molecule has 0 aromatic carbocycles. The molecule has 0 saturated heterocycles. The molecule has 0 aromatic heterocycles. The van der Waals surface area contributed by atoms with E-state index in [4.69, 9.17) is 0 Å². The lowest BCUT2D eigenvalue weighted by Gasteiger charge is -2.09. The van der Waals surface area contributed by atoms with Crippen molar-refractivity contribution in [2.24, 2.45) is 0 Å². The van der Waals surface area contributed by atoms with Gasteiger partial charge in [0.1, 0.15) is 17.7 Å². The molecule has 0 aliphatic carbocycles. The zero-order valence-electron chi connectivity index (χ0n) is 5.60. The molecule has 0 spiro atoms. The van der Waals surface area contributed by atoms with Gasteiger partial charge in [0.15, 0.2) is 0 Å². The molecule has 9 heavy (non-hydrogen) atoms. The highest BCUT2D eigenvalue weighted by atomic mass is 32.2. The Hall–Kier alpha value is 0.240. The van der Waals surface area contributed by atoms with Gasteiger partial charge in [-0.1, -0.05) is 11.2 Å². The molecule has 3 heteroatoms. The molecule has 0 aromatic rings. The highest BCUT2D eigenvalue weighted by Gasteiger charge is 2.08. The first-order chi connectivity index (χ1) is 4.16. The second-order valence-corrected chi connectivity index (χ2v) is 3.57. The summed E-state index contributed by atoms with van der Waals surface area (Å²) in [6.45, 7) is 4.94. The number of hydrogen-bond donors (Lipinski definition) is 0. The van der Waals surface area contributed by atoms with Crippen molar-refractivity contribution in [1.29, 1.82) is 0 Å². The van der Waals surface area contributed by atoms with Crippen LogP contribution in [0.15, 0.2) is 0 Å². The van der Waals surface area contributed by atoms with Crippen LogP contribution < -0.4 is 0 Å². The van der Waals surface area contributed by atoms with E-state index < -0.39 is 17.3 Å². The molecule has 0 aliphatic rings. The predicted molar refractivity (Wildman–Crippen MR) is 38.4 cm³/mol. The van der Waals surface area contributed by atoms with Crippen LogP contribution in [0.4, 0.5) is 4.39 Å². The molecular weight excluding hydrogens is 139 g/mol. The van der Waals surface area contributed by atoms with Crippen LogP contribution >= 0.6 is 0 Å². The Morgan fingerprint density at radius 2 is 2.33 bits per heavy atom. The van der Waals surface area contributed by atoms with Crippen LogP contribution in [-0.4, -0.2) is 22.2 Å². The topological polar surface area (TPSA) is 23.1 Å². The van der Waals surface area contributed by atoms with Crippen molar-refractivity contribution in [3.63, 3.8) is 0 Å². The minimum absolute atomic E-state index is 0.162. The molecule has 0 bridgehead atoms. The van der Waals surface area contributed by atoms with Gasteiger partial charge in [-0.25, -0.2) is 4.39 Å². The highest BCUT2D eigenvalue weighted by Crippen LogP contribution is 1.98. The molecule has 2 atom stereocenters. The third kappa shape index (κ3) is 6.12. The Balaban J connectivity index is 3.15. The van der Waals surface area contributed by atoms with Crippen LogP contribution in [0.1, 0.15) is 13.3 Å². The maximum atomic E-state index is 12.1. The van der Waals surface area contributed by atoms with Crippen molar-refractivity contribution in [3.8, 4) is 0 Å². The summed E-state index contributed by atoms with van der Waals surface area (Å²) in [6, 6.07) is 0. The van der Waals surface area contributed by atoms with Gasteiger partial charge in [0, 0.05) is 0 Å². The van der Waals surface area contributed by atoms with Gasteiger partial charge in [-0.05, 0) is 20.3 Å². The van der Waals surface area contributed by atoms with Crippen molar-refractivity contribution < 1.29 is 8.94 Å². The minimum atomic E-state index is -0.988. The summed E-state index contributed by atoms with van der Waals surface area (Å²) in [6.07, 6.45) is -0.323. The molecule has 0 amide bonds. The largest absolute Gasteiger partial charge is 0.616 e. The van der Waals surface area contributed by atoms with Crippen molar-refractivity contribution in [3.05, 3.63) is 6.92 Å². The summed E-state index contributed by atoms with van der Waals surface area (Å²) in [5, 5.41) is 0. The molecule has 1 radical (unpaired) electrons. The van der Waals surface area contributed by atoms with Crippen LogP contribution in [0.3, 0.4) is 0 Å². The van der Waals surface area contributed by atoms with E-state index in [9.17, 15) is 8.94 Å². The quantitative estimate of drug-likeness (QED) is 0.556. The molecular formula is C6H12FOS. The van der Waals surface area contributed by atoms with E-state index in [0.717, 1.165) is 0 Å². The first-order valence-electron chi connectivity index (χ1n) is 2.95. The average Bonchev–Trinajstić information content (AvgIpc) is 1.63. The average molecular weight is 151 g/mol. The fourth-order valence-electron chi connectivity index (χ4n) is 0.500. The SMILES string of the molecule is [CH2]CC[S+]([O-])CC(C)F. The van der Waals surface area contributed by atoms with E-state index >= 15 is 0 Å². The highest BCUT2D eigenvalue weighted by molar-refractivity contribution is 7.91. The van der Waals surface area contributed by atoms with E-state index in [1.807, 2.05) is 0 Å². The fourth-order valence-corrected chi connectivity index (χ4v) is 1.50. The molecule has 0 saturated carbocycles. The summed E-state index contributed by atoms with van der Waals surface area (Å²) in [5.74, 6) is 0.684. The van der Waals surface area contributed by atoms with E-state index in [1.54, 1.807) is 0 Å². The van der Waals surface area contributed by atoms with Gasteiger partial charge in [-0.15, -0.1) is 0 Å². The van der Waals surface area contributed by atoms with Gasteiger partial charge in [0.2, 0.25) is 0 Å². The van der Waals surface area contributed by atoms with Crippen molar-refractivity contribution in [2.45, 2.75) is 19.5 Å². The van der Waals surface area contributed by atoms with Gasteiger partial charge >= 0.3 is 0 Å². The minimum Gasteiger partial charge on any atom is -0.616 e. The standard InChI is InChI=1S/C6H12FOS/c1-3-4-9(8)5-6(2)7/h6H,1,3-5H2,2H3. The fraction of sp³-hybridized carbons (Fsp3) is 0.833. The van der Waals surface area contributed by atoms with Crippen LogP contribution in [0.25, 0.3) is 0 Å². The predicted octanol–water partition coefficient (Wildman–Crippen LogP) is 1.32. The second-order valence-electron chi connectivity index (χ2n) is 1.94. The van der Waals surface area contributed by atoms with E-state index in [-0.39, 0.29) is 5.75 Å². The Morgan fingerprint density at radius 3 is 2.67 bits per heavy atom. The lowest BCUT2D eigenvalue weighted by molar-refractivity contribution is 0.391. The van der Waals surface area contributed by atoms with Crippen molar-refractivity contribution in [2.75, 3.05) is 11.5 Å². The van der Waals surface area contributed by atoms with Crippen molar-refractivity contribution in [1.82, 2.24) is 0 Å². The first-order valence-corrected chi connectivity index (χ1v) is 4.44. The third-order valence-electron chi connectivity index (χ3n) is 0.788. The molecule has 0 heterocycles. The smallest absolute Gasteiger partial charge is 0.142 e. The molecule has 55 valence electrons. The maximum Gasteiger partial charge on any atom is 0.142 e. The van der Waals surface area contributed by atoms with Crippen molar-refractivity contribution >= 4 is 11.2 Å². The number of halogens is 1. The third-order valence-corrected chi connectivity index (χ3v) is 2.36. The van der Waals surface area contributed by atoms with Crippen LogP contribution in [0, 0.1) is 6.92 Å². The second kappa shape index (κ2) is 5.06. The zero-order valence-corrected chi connectivity index (χ0v) is 6.42. The molecule has 0 aliphatic heterocycles. The van der Waals surface area contributed by atoms with Gasteiger partial charge in [-0.2, -0.15) is 0 Å². The Labute approximate surface area is 58.8 Å². The van der Waals surface area contributed by atoms with Gasteiger partial charge in [0.25, 0.3) is 0 Å². The Kier molecular flexibility index (Phi) is 5.19. The number of hydrogen-bond acceptors (Lipinski definition) is 1. The lowest BCUT2D eigenvalue weighted by atomic mass is 10.5. The van der Waals surface area contributed by atoms with E-state index in [1.165, 1.54) is 6.92 Å². The summed E-state index contributed by atoms with van der Waals surface area (Å²) < 4.78 is 22.7. The molecule has 2 unspecified atom stereocenters. The Bertz CT molecular complexity index is 68.1. The van der Waals surface area contributed by atoms with Crippen LogP contribution in [0.5, 0.6) is 0 Å². The zero-order chi connectivity index (χ0) is 7.28. The normalized spacial score (nSPS) is 17.3. The van der Waals surface area contributed by atoms with Gasteiger partial charge in [-0.3, -0.25) is 0 Å². The first kappa shape index (κ1) is 9.24. The van der Waals surface area contributed by atoms with E-state index in [2.05, 4.69) is 6.92 Å². The summed E-state index contributed by atoms with van der Waals surface area (Å²) in [7, 11) is 0. The van der Waals surface area contributed by atoms with Gasteiger partial charge < -0.3 is 4.55 Å². The lowest BCUT2D eigenvalue weighted by Crippen LogP contribution is -2.17. The number of alkyl halides is 1. The van der Waals surface area contributed by atoms with Crippen LogP contribution in [-0.2, 0) is 11.2 Å².